The molecule has 9 nitrogen and oxygen atoms in total. The Hall–Kier alpha value is -3.22. The predicted molar refractivity (Wildman–Crippen MR) is 161 cm³/mol. The molecule has 43 heavy (non-hydrogen) atoms. The van der Waals surface area contributed by atoms with E-state index in [0.717, 1.165) is 73.5 Å². The number of methoxy groups -OCH3 is 1. The van der Waals surface area contributed by atoms with Crippen LogP contribution in [0.3, 0.4) is 0 Å². The van der Waals surface area contributed by atoms with Crippen LogP contribution >= 0.6 is 15.9 Å². The molecule has 4 bridgehead atoms. The Balaban J connectivity index is 0.000000140. The quantitative estimate of drug-likeness (QED) is 0.298. The van der Waals surface area contributed by atoms with E-state index in [1.54, 1.807) is 28.9 Å². The first-order chi connectivity index (χ1) is 20.8. The number of ether oxygens (including phenoxy) is 1. The van der Waals surface area contributed by atoms with Gasteiger partial charge in [-0.1, -0.05) is 26.4 Å². The molecule has 2 unspecified atom stereocenters. The van der Waals surface area contributed by atoms with Gasteiger partial charge >= 0.3 is 0 Å². The molecule has 12 heteroatoms. The van der Waals surface area contributed by atoms with Crippen LogP contribution in [0.2, 0.25) is 0 Å². The Morgan fingerprint density at radius 3 is 1.49 bits per heavy atom. The molecule has 0 spiro atoms. The van der Waals surface area contributed by atoms with Gasteiger partial charge in [0.1, 0.15) is 17.1 Å². The lowest BCUT2D eigenvalue weighted by Gasteiger charge is -2.47. The molecule has 2 aromatic heterocycles. The second-order valence-corrected chi connectivity index (χ2v) is 13.0. The zero-order valence-electron chi connectivity index (χ0n) is 24.1. The highest BCUT2D eigenvalue weighted by Gasteiger charge is 2.51. The molecule has 10 rings (SSSR count). The third kappa shape index (κ3) is 5.38. The minimum absolute atomic E-state index is 0.0681. The number of alkyl halides is 2. The molecule has 226 valence electrons. The van der Waals surface area contributed by atoms with Crippen LogP contribution in [0.1, 0.15) is 37.1 Å². The van der Waals surface area contributed by atoms with E-state index in [1.807, 2.05) is 48.5 Å². The van der Waals surface area contributed by atoms with Gasteiger partial charge in [-0.2, -0.15) is 0 Å². The number of rotatable bonds is 5. The SMILES string of the molecule is COc1ccc(-n2cc(C3([18F])CN4CCC3CC4)nn2)cc1.[18F]C1(c2cn(-c3ccc(Br)cc3)nn2)CN2CCC1CC2. The third-order valence-corrected chi connectivity index (χ3v) is 10.2. The molecule has 6 saturated heterocycles. The maximum Gasteiger partial charge on any atom is 0.171 e. The number of halogens is 3. The van der Waals surface area contributed by atoms with E-state index in [1.165, 1.54) is 0 Å². The zero-order valence-corrected chi connectivity index (χ0v) is 25.7. The normalized spacial score (nSPS) is 31.0. The summed E-state index contributed by atoms with van der Waals surface area (Å²) in [6.45, 7) is 4.93. The molecule has 0 aliphatic carbocycles. The maximum absolute atomic E-state index is 15.5. The summed E-state index contributed by atoms with van der Waals surface area (Å²) in [4.78, 5) is 4.38. The minimum atomic E-state index is -1.36. The van der Waals surface area contributed by atoms with Gasteiger partial charge in [-0.15, -0.1) is 10.2 Å². The number of hydrogen-bond acceptors (Lipinski definition) is 7. The predicted octanol–water partition coefficient (Wildman–Crippen LogP) is 5.09. The van der Waals surface area contributed by atoms with E-state index in [0.29, 0.717) is 24.5 Å². The summed E-state index contributed by atoms with van der Waals surface area (Å²) in [5.41, 5.74) is -0.0329. The number of benzene rings is 2. The van der Waals surface area contributed by atoms with Crippen molar-refractivity contribution in [3.63, 3.8) is 0 Å². The molecule has 0 saturated carbocycles. The molecule has 2 aromatic carbocycles. The van der Waals surface area contributed by atoms with Crippen molar-refractivity contribution in [2.24, 2.45) is 11.8 Å². The van der Waals surface area contributed by atoms with Crippen LogP contribution in [-0.2, 0) is 11.3 Å². The smallest absolute Gasteiger partial charge is 0.171 e. The van der Waals surface area contributed by atoms with Crippen LogP contribution in [-0.4, -0.2) is 86.2 Å². The van der Waals surface area contributed by atoms with Crippen molar-refractivity contribution in [2.75, 3.05) is 46.4 Å². The average molecular weight is 652 g/mol. The molecule has 6 aliphatic rings. The number of piperidine rings is 6. The molecule has 0 radical (unpaired) electrons. The van der Waals surface area contributed by atoms with E-state index in [-0.39, 0.29) is 11.8 Å². The third-order valence-electron chi connectivity index (χ3n) is 9.64. The fraction of sp³-hybridized carbons (Fsp3) is 0.484. The van der Waals surface area contributed by atoms with E-state index in [9.17, 15) is 0 Å². The Labute approximate surface area is 257 Å². The van der Waals surface area contributed by atoms with Gasteiger partial charge in [0.15, 0.2) is 11.3 Å². The second kappa shape index (κ2) is 11.4. The largest absolute Gasteiger partial charge is 0.497 e. The molecule has 6 aliphatic heterocycles. The van der Waals surface area contributed by atoms with Gasteiger partial charge in [0.05, 0.1) is 30.9 Å². The van der Waals surface area contributed by atoms with Crippen LogP contribution < -0.4 is 4.74 Å². The average Bonchev–Trinajstić information content (AvgIpc) is 3.75. The van der Waals surface area contributed by atoms with Crippen LogP contribution in [0, 0.1) is 11.8 Å². The van der Waals surface area contributed by atoms with Gasteiger partial charge in [-0.25, -0.2) is 18.1 Å². The fourth-order valence-electron chi connectivity index (χ4n) is 7.08. The number of fused-ring (bicyclic) bond motifs is 6. The summed E-state index contributed by atoms with van der Waals surface area (Å²) < 4.78 is 40.3. The molecular formula is C31H35BrF2N8O. The zero-order chi connectivity index (χ0) is 29.6. The van der Waals surface area contributed by atoms with Crippen molar-refractivity contribution >= 4 is 15.9 Å². The highest BCUT2D eigenvalue weighted by molar-refractivity contribution is 9.10. The van der Waals surface area contributed by atoms with Crippen LogP contribution in [0.5, 0.6) is 5.75 Å². The lowest BCUT2D eigenvalue weighted by molar-refractivity contribution is -0.0616. The number of hydrogen-bond donors (Lipinski definition) is 0. The van der Waals surface area contributed by atoms with Gasteiger partial charge in [0.25, 0.3) is 0 Å². The highest BCUT2D eigenvalue weighted by Crippen LogP contribution is 2.46. The first-order valence-corrected chi connectivity index (χ1v) is 15.7. The summed E-state index contributed by atoms with van der Waals surface area (Å²) in [5, 5.41) is 16.5. The van der Waals surface area contributed by atoms with Crippen molar-refractivity contribution in [3.8, 4) is 17.1 Å². The van der Waals surface area contributed by atoms with E-state index in [4.69, 9.17) is 4.74 Å². The molecule has 0 amide bonds. The fourth-order valence-corrected chi connectivity index (χ4v) is 7.34. The van der Waals surface area contributed by atoms with Gasteiger partial charge in [0.2, 0.25) is 0 Å². The monoisotopic (exact) mass is 650 g/mol. The standard InChI is InChI=1S/C16H19FN4O.C15H16BrFN4/c1-22-14-4-2-13(3-5-14)21-10-15(18-19-21)16(17)11-20-8-6-12(16)7-9-20;16-12-1-3-13(4-2-12)21-9-14(18-19-21)15(17)10-20-7-5-11(15)6-8-20/h2-5,10,12H,6-9,11H2,1H3;1-4,9,11H,5-8,10H2/i2*17-1. The maximum atomic E-state index is 15.5. The second-order valence-electron chi connectivity index (χ2n) is 12.1. The van der Waals surface area contributed by atoms with Crippen molar-refractivity contribution < 1.29 is 13.5 Å². The minimum Gasteiger partial charge on any atom is -0.497 e. The van der Waals surface area contributed by atoms with Gasteiger partial charge in [0, 0.05) is 29.4 Å². The van der Waals surface area contributed by atoms with Gasteiger partial charge < -0.3 is 4.74 Å². The van der Waals surface area contributed by atoms with Crippen LogP contribution in [0.15, 0.2) is 65.4 Å². The van der Waals surface area contributed by atoms with Crippen molar-refractivity contribution in [1.29, 1.82) is 0 Å². The number of aromatic nitrogens is 6. The van der Waals surface area contributed by atoms with Crippen LogP contribution in [0.25, 0.3) is 11.4 Å². The Morgan fingerprint density at radius 1 is 0.698 bits per heavy atom. The summed E-state index contributed by atoms with van der Waals surface area (Å²) in [6.07, 6.45) is 7.12. The lowest BCUT2D eigenvalue weighted by Crippen LogP contribution is -2.55. The van der Waals surface area contributed by atoms with E-state index >= 15 is 8.78 Å². The van der Waals surface area contributed by atoms with Gasteiger partial charge in [-0.3, -0.25) is 9.80 Å². The Bertz CT molecular complexity index is 1550. The van der Waals surface area contributed by atoms with Gasteiger partial charge in [-0.05, 0) is 100 Å². The van der Waals surface area contributed by atoms with E-state index in [2.05, 4.69) is 46.4 Å². The van der Waals surface area contributed by atoms with Crippen LogP contribution in [0.4, 0.5) is 8.78 Å². The first-order valence-electron chi connectivity index (χ1n) is 14.9. The van der Waals surface area contributed by atoms with E-state index < -0.39 is 11.3 Å². The first kappa shape index (κ1) is 28.5. The number of nitrogens with zero attached hydrogens (tertiary/aromatic N) is 8. The molecule has 2 atom stereocenters. The molecule has 0 N–H and O–H groups in total. The molecule has 8 heterocycles. The van der Waals surface area contributed by atoms with Crippen molar-refractivity contribution in [2.45, 2.75) is 37.0 Å². The Kier molecular flexibility index (Phi) is 7.55. The molecular weight excluding hydrogens is 616 g/mol. The highest BCUT2D eigenvalue weighted by atomic mass is 79.9. The summed E-state index contributed by atoms with van der Waals surface area (Å²) in [6, 6.07) is 15.2. The summed E-state index contributed by atoms with van der Waals surface area (Å²) in [5.74, 6) is 0.930. The molecule has 6 fully saturated rings. The van der Waals surface area contributed by atoms with Crippen molar-refractivity contribution in [3.05, 3.63) is 76.8 Å². The Morgan fingerprint density at radius 2 is 1.12 bits per heavy atom. The molecule has 4 aromatic rings. The summed E-state index contributed by atoms with van der Waals surface area (Å²) >= 11 is 3.41. The topological polar surface area (TPSA) is 77.1 Å². The lowest BCUT2D eigenvalue weighted by atomic mass is 9.75. The van der Waals surface area contributed by atoms with Crippen molar-refractivity contribution in [1.82, 2.24) is 39.8 Å². The summed E-state index contributed by atoms with van der Waals surface area (Å²) in [7, 11) is 1.63.